The van der Waals surface area contributed by atoms with Crippen molar-refractivity contribution in [3.05, 3.63) is 24.0 Å². The van der Waals surface area contributed by atoms with Crippen molar-refractivity contribution >= 4 is 17.6 Å². The highest BCUT2D eigenvalue weighted by molar-refractivity contribution is 7.99. The Kier molecular flexibility index (Phi) is 4.25. The molecule has 17 heavy (non-hydrogen) atoms. The van der Waals surface area contributed by atoms with Gasteiger partial charge in [-0.25, -0.2) is 0 Å². The van der Waals surface area contributed by atoms with Crippen LogP contribution in [0.25, 0.3) is 0 Å². The van der Waals surface area contributed by atoms with E-state index in [1.807, 2.05) is 17.8 Å². The Morgan fingerprint density at radius 2 is 2.24 bits per heavy atom. The van der Waals surface area contributed by atoms with Gasteiger partial charge in [0.25, 0.3) is 0 Å². The predicted molar refractivity (Wildman–Crippen MR) is 69.4 cm³/mol. The molecule has 92 valence electrons. The van der Waals surface area contributed by atoms with Gasteiger partial charge in [-0.05, 0) is 30.9 Å². The smallest absolute Gasteiger partial charge is 0.188 e. The minimum atomic E-state index is 0.0531. The molecule has 0 atom stereocenters. The first-order valence-corrected chi connectivity index (χ1v) is 6.85. The lowest BCUT2D eigenvalue weighted by atomic mass is 10.1. The number of pyridine rings is 1. The summed E-state index contributed by atoms with van der Waals surface area (Å²) < 4.78 is 0. The van der Waals surface area contributed by atoms with Crippen molar-refractivity contribution in [3.8, 4) is 0 Å². The van der Waals surface area contributed by atoms with Crippen molar-refractivity contribution in [2.24, 2.45) is 16.8 Å². The second-order valence-electron chi connectivity index (χ2n) is 4.33. The molecule has 3 N–H and O–H groups in total. The van der Waals surface area contributed by atoms with Crippen molar-refractivity contribution < 1.29 is 5.21 Å². The first-order valence-electron chi connectivity index (χ1n) is 5.86. The van der Waals surface area contributed by atoms with Gasteiger partial charge in [-0.3, -0.25) is 4.98 Å². The highest BCUT2D eigenvalue weighted by atomic mass is 32.2. The lowest BCUT2D eigenvalue weighted by molar-refractivity contribution is 0.318. The number of hydrogen-bond donors (Lipinski definition) is 2. The molecule has 0 amide bonds. The van der Waals surface area contributed by atoms with E-state index in [-0.39, 0.29) is 5.84 Å². The maximum Gasteiger partial charge on any atom is 0.188 e. The second kappa shape index (κ2) is 5.91. The van der Waals surface area contributed by atoms with E-state index in [0.717, 1.165) is 10.8 Å². The van der Waals surface area contributed by atoms with Crippen LogP contribution in [0.3, 0.4) is 0 Å². The van der Waals surface area contributed by atoms with Crippen LogP contribution in [0.2, 0.25) is 0 Å². The molecule has 0 aromatic carbocycles. The van der Waals surface area contributed by atoms with Crippen LogP contribution < -0.4 is 5.73 Å². The van der Waals surface area contributed by atoms with Gasteiger partial charge in [0, 0.05) is 16.8 Å². The number of thioether (sulfide) groups is 1. The predicted octanol–water partition coefficient (Wildman–Crippen LogP) is 2.46. The van der Waals surface area contributed by atoms with Crippen molar-refractivity contribution in [2.45, 2.75) is 30.6 Å². The van der Waals surface area contributed by atoms with Gasteiger partial charge in [0.15, 0.2) is 5.84 Å². The first-order chi connectivity index (χ1) is 8.29. The third-order valence-corrected chi connectivity index (χ3v) is 4.28. The van der Waals surface area contributed by atoms with Crippen molar-refractivity contribution in [1.82, 2.24) is 4.98 Å². The minimum absolute atomic E-state index is 0.0531. The van der Waals surface area contributed by atoms with E-state index in [1.54, 1.807) is 12.3 Å². The van der Waals surface area contributed by atoms with Gasteiger partial charge in [0.05, 0.1) is 0 Å². The van der Waals surface area contributed by atoms with E-state index in [4.69, 9.17) is 10.9 Å². The monoisotopic (exact) mass is 251 g/mol. The third kappa shape index (κ3) is 3.36. The molecular formula is C12H17N3OS. The van der Waals surface area contributed by atoms with E-state index in [2.05, 4.69) is 10.1 Å². The average molecular weight is 251 g/mol. The van der Waals surface area contributed by atoms with Gasteiger partial charge in [0.2, 0.25) is 0 Å². The maximum absolute atomic E-state index is 8.52. The van der Waals surface area contributed by atoms with Gasteiger partial charge in [0.1, 0.15) is 5.69 Å². The average Bonchev–Trinajstić information content (AvgIpc) is 2.89. The van der Waals surface area contributed by atoms with E-state index < -0.39 is 0 Å². The lowest BCUT2D eigenvalue weighted by Gasteiger charge is -2.08. The van der Waals surface area contributed by atoms with Crippen LogP contribution in [-0.4, -0.2) is 21.8 Å². The summed E-state index contributed by atoms with van der Waals surface area (Å²) in [5, 5.41) is 11.4. The summed E-state index contributed by atoms with van der Waals surface area (Å²) in [6.45, 7) is 0. The van der Waals surface area contributed by atoms with Gasteiger partial charge in [-0.2, -0.15) is 0 Å². The Morgan fingerprint density at radius 1 is 1.47 bits per heavy atom. The SMILES string of the molecule is N/C(=N/O)c1ccc(SCC2CCCC2)cn1. The largest absolute Gasteiger partial charge is 0.409 e. The van der Waals surface area contributed by atoms with Crippen molar-refractivity contribution in [3.63, 3.8) is 0 Å². The van der Waals surface area contributed by atoms with Crippen molar-refractivity contribution in [1.29, 1.82) is 0 Å². The minimum Gasteiger partial charge on any atom is -0.409 e. The number of aromatic nitrogens is 1. The molecule has 5 heteroatoms. The molecule has 2 rings (SSSR count). The molecule has 1 aromatic rings. The molecule has 1 aromatic heterocycles. The molecule has 0 unspecified atom stereocenters. The third-order valence-electron chi connectivity index (χ3n) is 3.07. The van der Waals surface area contributed by atoms with Crippen LogP contribution in [0.5, 0.6) is 0 Å². The summed E-state index contributed by atoms with van der Waals surface area (Å²) in [4.78, 5) is 5.30. The highest BCUT2D eigenvalue weighted by Crippen LogP contribution is 2.30. The summed E-state index contributed by atoms with van der Waals surface area (Å²) in [7, 11) is 0. The number of hydrogen-bond acceptors (Lipinski definition) is 4. The summed E-state index contributed by atoms with van der Waals surface area (Å²) >= 11 is 1.84. The molecule has 1 fully saturated rings. The van der Waals surface area contributed by atoms with Crippen LogP contribution in [0.1, 0.15) is 31.4 Å². The van der Waals surface area contributed by atoms with Crippen LogP contribution >= 0.6 is 11.8 Å². The Labute approximate surface area is 105 Å². The topological polar surface area (TPSA) is 71.5 Å². The Morgan fingerprint density at radius 3 is 2.82 bits per heavy atom. The number of rotatable bonds is 4. The van der Waals surface area contributed by atoms with Crippen LogP contribution in [0.15, 0.2) is 28.4 Å². The van der Waals surface area contributed by atoms with E-state index in [0.29, 0.717) is 5.69 Å². The summed E-state index contributed by atoms with van der Waals surface area (Å²) in [5.41, 5.74) is 5.96. The molecule has 0 radical (unpaired) electrons. The zero-order chi connectivity index (χ0) is 12.1. The fourth-order valence-electron chi connectivity index (χ4n) is 2.06. The molecule has 0 saturated heterocycles. The normalized spacial score (nSPS) is 17.5. The number of nitrogens with zero attached hydrogens (tertiary/aromatic N) is 2. The fourth-order valence-corrected chi connectivity index (χ4v) is 3.11. The Bertz CT molecular complexity index is 385. The molecule has 0 aliphatic heterocycles. The first kappa shape index (κ1) is 12.2. The van der Waals surface area contributed by atoms with Crippen LogP contribution in [0, 0.1) is 5.92 Å². The van der Waals surface area contributed by atoms with Crippen LogP contribution in [-0.2, 0) is 0 Å². The number of amidine groups is 1. The number of oxime groups is 1. The summed E-state index contributed by atoms with van der Waals surface area (Å²) in [6, 6.07) is 3.76. The quantitative estimate of drug-likeness (QED) is 0.283. The summed E-state index contributed by atoms with van der Waals surface area (Å²) in [5.74, 6) is 2.09. The Hall–Kier alpha value is -1.23. The second-order valence-corrected chi connectivity index (χ2v) is 5.42. The molecular weight excluding hydrogens is 234 g/mol. The molecule has 1 heterocycles. The van der Waals surface area contributed by atoms with E-state index in [1.165, 1.54) is 31.4 Å². The molecule has 0 spiro atoms. The molecule has 1 aliphatic rings. The van der Waals surface area contributed by atoms with Crippen molar-refractivity contribution in [2.75, 3.05) is 5.75 Å². The number of nitrogens with two attached hydrogens (primary N) is 1. The van der Waals surface area contributed by atoms with Gasteiger partial charge >= 0.3 is 0 Å². The lowest BCUT2D eigenvalue weighted by Crippen LogP contribution is -2.14. The molecule has 4 nitrogen and oxygen atoms in total. The zero-order valence-electron chi connectivity index (χ0n) is 9.67. The van der Waals surface area contributed by atoms with E-state index in [9.17, 15) is 0 Å². The Balaban J connectivity index is 1.89. The molecule has 1 aliphatic carbocycles. The van der Waals surface area contributed by atoms with Gasteiger partial charge in [-0.15, -0.1) is 11.8 Å². The molecule has 1 saturated carbocycles. The fraction of sp³-hybridized carbons (Fsp3) is 0.500. The van der Waals surface area contributed by atoms with Gasteiger partial charge < -0.3 is 10.9 Å². The summed E-state index contributed by atoms with van der Waals surface area (Å²) in [6.07, 6.45) is 7.27. The zero-order valence-corrected chi connectivity index (χ0v) is 10.5. The van der Waals surface area contributed by atoms with E-state index >= 15 is 0 Å². The van der Waals surface area contributed by atoms with Crippen LogP contribution in [0.4, 0.5) is 0 Å². The molecule has 0 bridgehead atoms. The standard InChI is InChI=1S/C12H17N3OS/c13-12(15-16)11-6-5-10(7-14-11)17-8-9-3-1-2-4-9/h5-7,9,16H,1-4,8H2,(H2,13,15). The van der Waals surface area contributed by atoms with Gasteiger partial charge in [-0.1, -0.05) is 18.0 Å². The maximum atomic E-state index is 8.52. The highest BCUT2D eigenvalue weighted by Gasteiger charge is 2.15.